The minimum Gasteiger partial charge on any atom is -0.282 e. The van der Waals surface area contributed by atoms with Gasteiger partial charge in [0.25, 0.3) is 5.56 Å². The Bertz CT molecular complexity index is 1060. The molecule has 27 heavy (non-hydrogen) atoms. The second kappa shape index (κ2) is 7.96. The Hall–Kier alpha value is -1.96. The number of piperazine rings is 1. The molecule has 0 bridgehead atoms. The summed E-state index contributed by atoms with van der Waals surface area (Å²) in [5, 5.41) is 13.1. The van der Waals surface area contributed by atoms with Gasteiger partial charge in [-0.05, 0) is 12.1 Å². The zero-order valence-corrected chi connectivity index (χ0v) is 16.4. The number of nitriles is 1. The lowest BCUT2D eigenvalue weighted by Crippen LogP contribution is -2.49. The van der Waals surface area contributed by atoms with Gasteiger partial charge in [0, 0.05) is 26.2 Å². The summed E-state index contributed by atoms with van der Waals surface area (Å²) >= 11 is 11.6. The fourth-order valence-electron chi connectivity index (χ4n) is 2.77. The second-order valence-electron chi connectivity index (χ2n) is 5.88. The molecule has 142 valence electrons. The average molecular weight is 428 g/mol. The minimum absolute atomic E-state index is 0.00307. The molecule has 8 nitrogen and oxygen atoms in total. The molecule has 0 atom stereocenters. The maximum atomic E-state index is 12.8. The topological polar surface area (TPSA) is 99.3 Å². The van der Waals surface area contributed by atoms with Crippen LogP contribution in [0.2, 0.25) is 10.0 Å². The number of rotatable bonds is 4. The number of hydrogen-bond donors (Lipinski definition) is 0. The molecule has 0 aliphatic carbocycles. The van der Waals surface area contributed by atoms with Crippen molar-refractivity contribution in [2.24, 2.45) is 0 Å². The molecule has 0 amide bonds. The summed E-state index contributed by atoms with van der Waals surface area (Å²) in [5.41, 5.74) is -0.381. The van der Waals surface area contributed by atoms with Gasteiger partial charge in [-0.2, -0.15) is 14.7 Å². The molecule has 0 radical (unpaired) electrons. The summed E-state index contributed by atoms with van der Waals surface area (Å²) in [6, 6.07) is 8.03. The predicted octanol–water partition coefficient (Wildman–Crippen LogP) is 1.39. The molecule has 1 aliphatic heterocycles. The van der Waals surface area contributed by atoms with Crippen molar-refractivity contribution in [3.8, 4) is 6.07 Å². The molecule has 3 rings (SSSR count). The van der Waals surface area contributed by atoms with E-state index in [2.05, 4.69) is 5.10 Å². The van der Waals surface area contributed by atoms with Gasteiger partial charge in [0.15, 0.2) is 0 Å². The first-order valence-electron chi connectivity index (χ1n) is 7.97. The van der Waals surface area contributed by atoms with Crippen LogP contribution in [0.5, 0.6) is 0 Å². The van der Waals surface area contributed by atoms with Gasteiger partial charge in [-0.3, -0.25) is 9.69 Å². The summed E-state index contributed by atoms with van der Waals surface area (Å²) in [6.45, 7) is 1.46. The molecule has 1 fully saturated rings. The molecule has 0 saturated carbocycles. The van der Waals surface area contributed by atoms with Crippen LogP contribution in [0.25, 0.3) is 0 Å². The van der Waals surface area contributed by atoms with Crippen LogP contribution < -0.4 is 5.56 Å². The first kappa shape index (κ1) is 19.8. The highest BCUT2D eigenvalue weighted by Crippen LogP contribution is 2.21. The molecule has 2 aromatic rings. The number of aromatic nitrogens is 2. The van der Waals surface area contributed by atoms with Gasteiger partial charge in [0.05, 0.1) is 28.3 Å². The summed E-state index contributed by atoms with van der Waals surface area (Å²) in [6.07, 6.45) is 1.30. The molecule has 1 aromatic carbocycles. The number of sulfonamides is 1. The monoisotopic (exact) mass is 427 g/mol. The third-order valence-electron chi connectivity index (χ3n) is 4.23. The molecular formula is C16H15Cl2N5O3S. The summed E-state index contributed by atoms with van der Waals surface area (Å²) < 4.78 is 28.2. The zero-order valence-electron chi connectivity index (χ0n) is 14.0. The van der Waals surface area contributed by atoms with Crippen molar-refractivity contribution < 1.29 is 8.42 Å². The highest BCUT2D eigenvalue weighted by Gasteiger charge is 2.30. The number of halogens is 2. The minimum atomic E-state index is -3.76. The van der Waals surface area contributed by atoms with Crippen LogP contribution in [0.15, 0.2) is 40.2 Å². The second-order valence-corrected chi connectivity index (χ2v) is 8.57. The van der Waals surface area contributed by atoms with E-state index in [1.54, 1.807) is 12.1 Å². The zero-order chi connectivity index (χ0) is 19.6. The molecular weight excluding hydrogens is 413 g/mol. The highest BCUT2D eigenvalue weighted by molar-refractivity contribution is 7.89. The first-order valence-corrected chi connectivity index (χ1v) is 10.2. The molecule has 1 aliphatic rings. The highest BCUT2D eigenvalue weighted by atomic mass is 35.5. The van der Waals surface area contributed by atoms with Crippen molar-refractivity contribution in [2.45, 2.75) is 11.6 Å². The molecule has 1 saturated heterocycles. The lowest BCUT2D eigenvalue weighted by Gasteiger charge is -2.33. The Kier molecular flexibility index (Phi) is 5.83. The largest absolute Gasteiger partial charge is 0.288 e. The SMILES string of the molecule is N#Cc1ccccc1S(=O)(=O)N1CCN(Cn2ncc(Cl)c(Cl)c2=O)CC1. The fraction of sp³-hybridized carbons (Fsp3) is 0.312. The van der Waals surface area contributed by atoms with Gasteiger partial charge in [0.2, 0.25) is 10.0 Å². The molecule has 0 N–H and O–H groups in total. The van der Waals surface area contributed by atoms with Crippen molar-refractivity contribution >= 4 is 33.2 Å². The first-order chi connectivity index (χ1) is 12.8. The average Bonchev–Trinajstić information content (AvgIpc) is 2.69. The Morgan fingerprint density at radius 1 is 1.15 bits per heavy atom. The Balaban J connectivity index is 1.71. The van der Waals surface area contributed by atoms with Gasteiger partial charge in [0.1, 0.15) is 11.1 Å². The van der Waals surface area contributed by atoms with Crippen LogP contribution in [-0.4, -0.2) is 53.6 Å². The van der Waals surface area contributed by atoms with Crippen LogP contribution in [0.3, 0.4) is 0 Å². The maximum Gasteiger partial charge on any atom is 0.288 e. The van der Waals surface area contributed by atoms with Crippen LogP contribution in [0, 0.1) is 11.3 Å². The third kappa shape index (κ3) is 4.00. The van der Waals surface area contributed by atoms with Crippen molar-refractivity contribution in [1.29, 1.82) is 5.26 Å². The van der Waals surface area contributed by atoms with E-state index in [1.165, 1.54) is 27.3 Å². The summed E-state index contributed by atoms with van der Waals surface area (Å²) in [4.78, 5) is 14.0. The Morgan fingerprint density at radius 2 is 1.81 bits per heavy atom. The molecule has 11 heteroatoms. The number of hydrogen-bond acceptors (Lipinski definition) is 6. The van der Waals surface area contributed by atoms with E-state index in [-0.39, 0.29) is 40.3 Å². The van der Waals surface area contributed by atoms with Gasteiger partial charge in [-0.1, -0.05) is 35.3 Å². The molecule has 1 aromatic heterocycles. The van der Waals surface area contributed by atoms with Gasteiger partial charge >= 0.3 is 0 Å². The number of nitrogens with zero attached hydrogens (tertiary/aromatic N) is 5. The lowest BCUT2D eigenvalue weighted by molar-refractivity contribution is 0.143. The standard InChI is InChI=1S/C16H15Cl2N5O3S/c17-13-10-20-23(16(24)15(13)18)11-21-5-7-22(8-6-21)27(25,26)14-4-2-1-3-12(14)9-19/h1-4,10H,5-8,11H2. The van der Waals surface area contributed by atoms with Gasteiger partial charge in [-0.25, -0.2) is 13.1 Å². The van der Waals surface area contributed by atoms with Crippen molar-refractivity contribution in [3.63, 3.8) is 0 Å². The predicted molar refractivity (Wildman–Crippen MR) is 100 cm³/mol. The van der Waals surface area contributed by atoms with E-state index in [4.69, 9.17) is 28.5 Å². The normalized spacial score (nSPS) is 16.2. The van der Waals surface area contributed by atoms with Gasteiger partial charge in [-0.15, -0.1) is 0 Å². The molecule has 2 heterocycles. The van der Waals surface area contributed by atoms with E-state index in [1.807, 2.05) is 11.0 Å². The van der Waals surface area contributed by atoms with Crippen LogP contribution in [0.4, 0.5) is 0 Å². The van der Waals surface area contributed by atoms with Crippen LogP contribution in [-0.2, 0) is 16.7 Å². The quantitative estimate of drug-likeness (QED) is 0.730. The Labute approximate surface area is 166 Å². The van der Waals surface area contributed by atoms with E-state index in [9.17, 15) is 13.2 Å². The summed E-state index contributed by atoms with van der Waals surface area (Å²) in [7, 11) is -3.76. The van der Waals surface area contributed by atoms with Gasteiger partial charge < -0.3 is 0 Å². The maximum absolute atomic E-state index is 12.8. The van der Waals surface area contributed by atoms with Crippen molar-refractivity contribution in [1.82, 2.24) is 19.0 Å². The van der Waals surface area contributed by atoms with Crippen LogP contribution >= 0.6 is 23.2 Å². The van der Waals surface area contributed by atoms with Crippen molar-refractivity contribution in [2.75, 3.05) is 26.2 Å². The number of benzene rings is 1. The molecule has 0 unspecified atom stereocenters. The molecule has 0 spiro atoms. The van der Waals surface area contributed by atoms with E-state index in [0.29, 0.717) is 13.1 Å². The van der Waals surface area contributed by atoms with E-state index in [0.717, 1.165) is 0 Å². The van der Waals surface area contributed by atoms with E-state index < -0.39 is 15.6 Å². The third-order valence-corrected chi connectivity index (χ3v) is 6.94. The van der Waals surface area contributed by atoms with Crippen LogP contribution in [0.1, 0.15) is 5.56 Å². The summed E-state index contributed by atoms with van der Waals surface area (Å²) in [5.74, 6) is 0. The van der Waals surface area contributed by atoms with E-state index >= 15 is 0 Å². The lowest BCUT2D eigenvalue weighted by atomic mass is 10.2. The van der Waals surface area contributed by atoms with Crippen molar-refractivity contribution in [3.05, 3.63) is 56.4 Å². The Morgan fingerprint density at radius 3 is 2.48 bits per heavy atom. The smallest absolute Gasteiger partial charge is 0.282 e. The fourth-order valence-corrected chi connectivity index (χ4v) is 4.60.